The molecule has 1 heterocycles. The molecule has 0 aliphatic carbocycles. The van der Waals surface area contributed by atoms with E-state index in [4.69, 9.17) is 23.7 Å². The zero-order chi connectivity index (χ0) is 24.1. The molecule has 1 fully saturated rings. The minimum absolute atomic E-state index is 0.231. The standard InChI is InChI=1S/C24H29IO7S/c1-13-18(24(27)33-23-14(2)32-17(28-3)11-16(23)26)20(29-4)22(30-5)21(19(13)25)31-12-15-9-7-6-8-10-15/h6-10,14,16-17,23,26H,11-12H2,1-5H3/t14-,16+,17+,23-/m1/s1. The average Bonchev–Trinajstić information content (AvgIpc) is 2.82. The maximum Gasteiger partial charge on any atom is 0.224 e. The second kappa shape index (κ2) is 11.7. The molecule has 7 nitrogen and oxygen atoms in total. The van der Waals surface area contributed by atoms with Crippen molar-refractivity contribution in [3.63, 3.8) is 0 Å². The Hall–Kier alpha value is -1.53. The smallest absolute Gasteiger partial charge is 0.224 e. The molecule has 9 heteroatoms. The van der Waals surface area contributed by atoms with Crippen molar-refractivity contribution in [2.75, 3.05) is 21.3 Å². The number of aliphatic hydroxyl groups excluding tert-OH is 1. The summed E-state index contributed by atoms with van der Waals surface area (Å²) >= 11 is 3.20. The van der Waals surface area contributed by atoms with Gasteiger partial charge in [0.05, 0.1) is 40.8 Å². The number of rotatable bonds is 8. The molecule has 1 saturated heterocycles. The van der Waals surface area contributed by atoms with Crippen LogP contribution in [0.25, 0.3) is 0 Å². The van der Waals surface area contributed by atoms with Gasteiger partial charge < -0.3 is 28.8 Å². The van der Waals surface area contributed by atoms with Crippen molar-refractivity contribution in [2.24, 2.45) is 0 Å². The molecule has 2 aromatic carbocycles. The van der Waals surface area contributed by atoms with Gasteiger partial charge in [0, 0.05) is 13.5 Å². The Labute approximate surface area is 212 Å². The molecule has 0 amide bonds. The van der Waals surface area contributed by atoms with E-state index >= 15 is 0 Å². The molecule has 4 atom stereocenters. The summed E-state index contributed by atoms with van der Waals surface area (Å²) in [5, 5.41) is 9.93. The van der Waals surface area contributed by atoms with Gasteiger partial charge in [0.1, 0.15) is 6.61 Å². The van der Waals surface area contributed by atoms with E-state index in [1.54, 1.807) is 0 Å². The third-order valence-electron chi connectivity index (χ3n) is 5.53. The van der Waals surface area contributed by atoms with Crippen LogP contribution in [0.5, 0.6) is 17.2 Å². The van der Waals surface area contributed by atoms with Gasteiger partial charge in [-0.3, -0.25) is 4.79 Å². The second-order valence-corrected chi connectivity index (χ2v) is 9.89. The first-order valence-corrected chi connectivity index (χ1v) is 12.5. The molecule has 2 aromatic rings. The highest BCUT2D eigenvalue weighted by Gasteiger charge is 2.39. The average molecular weight is 588 g/mol. The number of benzene rings is 2. The molecule has 180 valence electrons. The highest BCUT2D eigenvalue weighted by atomic mass is 127. The zero-order valence-electron chi connectivity index (χ0n) is 19.3. The monoisotopic (exact) mass is 588 g/mol. The number of carbonyl (C=O) groups excluding carboxylic acids is 1. The lowest BCUT2D eigenvalue weighted by atomic mass is 10.1. The number of halogens is 1. The van der Waals surface area contributed by atoms with Crippen LogP contribution in [0.3, 0.4) is 0 Å². The topological polar surface area (TPSA) is 83.5 Å². The van der Waals surface area contributed by atoms with Gasteiger partial charge in [0.25, 0.3) is 0 Å². The summed E-state index contributed by atoms with van der Waals surface area (Å²) in [6.45, 7) is 4.03. The van der Waals surface area contributed by atoms with Gasteiger partial charge in [-0.05, 0) is 47.6 Å². The van der Waals surface area contributed by atoms with Crippen LogP contribution in [0.1, 0.15) is 34.8 Å². The Kier molecular flexibility index (Phi) is 9.28. The zero-order valence-corrected chi connectivity index (χ0v) is 22.3. The number of hydrogen-bond acceptors (Lipinski definition) is 8. The van der Waals surface area contributed by atoms with Gasteiger partial charge in [0.2, 0.25) is 10.9 Å². The normalized spacial score (nSPS) is 22.6. The molecule has 0 radical (unpaired) electrons. The summed E-state index contributed by atoms with van der Waals surface area (Å²) in [4.78, 5) is 13.5. The molecule has 3 rings (SSSR count). The lowest BCUT2D eigenvalue weighted by Gasteiger charge is -2.36. The van der Waals surface area contributed by atoms with E-state index in [-0.39, 0.29) is 11.2 Å². The van der Waals surface area contributed by atoms with Gasteiger partial charge >= 0.3 is 0 Å². The van der Waals surface area contributed by atoms with Crippen molar-refractivity contribution in [1.82, 2.24) is 0 Å². The molecular formula is C24H29IO7S. The van der Waals surface area contributed by atoms with Crippen LogP contribution in [-0.2, 0) is 16.1 Å². The number of thioether (sulfide) groups is 1. The molecule has 33 heavy (non-hydrogen) atoms. The fourth-order valence-electron chi connectivity index (χ4n) is 3.78. The second-order valence-electron chi connectivity index (χ2n) is 7.66. The van der Waals surface area contributed by atoms with Crippen molar-refractivity contribution in [2.45, 2.75) is 50.6 Å². The summed E-state index contributed by atoms with van der Waals surface area (Å²) in [6.07, 6.45) is -1.29. The minimum Gasteiger partial charge on any atom is -0.492 e. The number of hydrogen-bond donors (Lipinski definition) is 1. The first-order valence-electron chi connectivity index (χ1n) is 10.5. The van der Waals surface area contributed by atoms with Gasteiger partial charge in [-0.1, -0.05) is 42.1 Å². The highest BCUT2D eigenvalue weighted by molar-refractivity contribution is 14.1. The van der Waals surface area contributed by atoms with Crippen LogP contribution < -0.4 is 14.2 Å². The lowest BCUT2D eigenvalue weighted by molar-refractivity contribution is -0.195. The van der Waals surface area contributed by atoms with Crippen LogP contribution in [0.15, 0.2) is 30.3 Å². The molecule has 0 aromatic heterocycles. The van der Waals surface area contributed by atoms with E-state index in [2.05, 4.69) is 22.6 Å². The fourth-order valence-corrected chi connectivity index (χ4v) is 5.58. The van der Waals surface area contributed by atoms with E-state index < -0.39 is 17.6 Å². The van der Waals surface area contributed by atoms with Crippen molar-refractivity contribution in [3.05, 3.63) is 50.6 Å². The third-order valence-corrected chi connectivity index (χ3v) is 8.22. The summed E-state index contributed by atoms with van der Waals surface area (Å²) in [6, 6.07) is 9.80. The molecule has 0 spiro atoms. The van der Waals surface area contributed by atoms with Gasteiger partial charge in [0.15, 0.2) is 17.8 Å². The van der Waals surface area contributed by atoms with Crippen molar-refractivity contribution < 1.29 is 33.6 Å². The molecule has 1 aliphatic heterocycles. The molecule has 0 unspecified atom stereocenters. The van der Waals surface area contributed by atoms with Crippen LogP contribution in [0.4, 0.5) is 0 Å². The van der Waals surface area contributed by atoms with Crippen molar-refractivity contribution in [1.29, 1.82) is 0 Å². The number of aliphatic hydroxyl groups is 1. The summed E-state index contributed by atoms with van der Waals surface area (Å²) in [5.74, 6) is 1.19. The van der Waals surface area contributed by atoms with Crippen molar-refractivity contribution >= 4 is 39.5 Å². The Morgan fingerprint density at radius 1 is 1.15 bits per heavy atom. The maximum atomic E-state index is 13.5. The SMILES string of the molecule is COc1c(OCc2ccccc2)c(I)c(C)c(C(=O)S[C@H]2[C@@H](O)C[C@@H](OC)O[C@@H]2C)c1OC. The van der Waals surface area contributed by atoms with E-state index in [1.807, 2.05) is 44.2 Å². The fraction of sp³-hybridized carbons (Fsp3) is 0.458. The van der Waals surface area contributed by atoms with Crippen LogP contribution in [-0.4, -0.2) is 55.3 Å². The van der Waals surface area contributed by atoms with E-state index in [9.17, 15) is 9.90 Å². The Morgan fingerprint density at radius 2 is 1.82 bits per heavy atom. The van der Waals surface area contributed by atoms with Gasteiger partial charge in [-0.2, -0.15) is 0 Å². The lowest BCUT2D eigenvalue weighted by Crippen LogP contribution is -2.46. The van der Waals surface area contributed by atoms with E-state index in [0.29, 0.717) is 35.8 Å². The van der Waals surface area contributed by atoms with Gasteiger partial charge in [-0.25, -0.2) is 0 Å². The highest BCUT2D eigenvalue weighted by Crippen LogP contribution is 2.47. The van der Waals surface area contributed by atoms with Crippen LogP contribution >= 0.6 is 34.4 Å². The summed E-state index contributed by atoms with van der Waals surface area (Å²) < 4.78 is 29.1. The summed E-state index contributed by atoms with van der Waals surface area (Å²) in [5.41, 5.74) is 2.13. The maximum absolute atomic E-state index is 13.5. The Morgan fingerprint density at radius 3 is 2.39 bits per heavy atom. The van der Waals surface area contributed by atoms with E-state index in [1.165, 1.54) is 21.3 Å². The van der Waals surface area contributed by atoms with Gasteiger partial charge in [-0.15, -0.1) is 0 Å². The Bertz CT molecular complexity index is 957. The van der Waals surface area contributed by atoms with Crippen LogP contribution in [0.2, 0.25) is 0 Å². The largest absolute Gasteiger partial charge is 0.492 e. The predicted octanol–water partition coefficient (Wildman–Crippen LogP) is 4.58. The van der Waals surface area contributed by atoms with Crippen molar-refractivity contribution in [3.8, 4) is 17.2 Å². The summed E-state index contributed by atoms with van der Waals surface area (Å²) in [7, 11) is 4.55. The Balaban J connectivity index is 1.92. The number of methoxy groups -OCH3 is 3. The third kappa shape index (κ3) is 5.76. The first kappa shape index (κ1) is 26.1. The molecule has 0 bridgehead atoms. The quantitative estimate of drug-likeness (QED) is 0.449. The number of ether oxygens (including phenoxy) is 5. The predicted molar refractivity (Wildman–Crippen MR) is 135 cm³/mol. The van der Waals surface area contributed by atoms with Crippen LogP contribution in [0, 0.1) is 10.5 Å². The molecule has 1 N–H and O–H groups in total. The first-order chi connectivity index (χ1) is 15.8. The number of carbonyl (C=O) groups is 1. The molecular weight excluding hydrogens is 559 g/mol. The molecule has 0 saturated carbocycles. The van der Waals surface area contributed by atoms with E-state index in [0.717, 1.165) is 26.5 Å². The molecule has 1 aliphatic rings. The minimum atomic E-state index is -0.742.